The van der Waals surface area contributed by atoms with Gasteiger partial charge in [0.05, 0.1) is 11.8 Å². The van der Waals surface area contributed by atoms with Crippen molar-refractivity contribution in [2.45, 2.75) is 69.7 Å². The Hall–Kier alpha value is -3.83. The molecule has 0 spiro atoms. The average Bonchev–Trinajstić information content (AvgIpc) is 3.67. The Morgan fingerprint density at radius 1 is 1.02 bits per heavy atom. The third kappa shape index (κ3) is 7.14. The number of hydrogen-bond donors (Lipinski definition) is 3. The number of nitrogens with two attached hydrogens (primary N) is 1. The first-order chi connectivity index (χ1) is 20.4. The van der Waals surface area contributed by atoms with Crippen LogP contribution in [0.25, 0.3) is 0 Å². The van der Waals surface area contributed by atoms with E-state index in [0.717, 1.165) is 62.0 Å². The zero-order valence-corrected chi connectivity index (χ0v) is 24.2. The Balaban J connectivity index is 1.46. The van der Waals surface area contributed by atoms with E-state index in [1.165, 1.54) is 29.2 Å². The molecule has 42 heavy (non-hydrogen) atoms. The summed E-state index contributed by atoms with van der Waals surface area (Å²) in [4.78, 5) is 42.6. The number of nitrogens with one attached hydrogen (secondary N) is 2. The van der Waals surface area contributed by atoms with Crippen molar-refractivity contribution in [3.8, 4) is 0 Å². The van der Waals surface area contributed by atoms with Gasteiger partial charge in [0, 0.05) is 25.7 Å². The second-order valence-corrected chi connectivity index (χ2v) is 11.6. The summed E-state index contributed by atoms with van der Waals surface area (Å²) in [7, 11) is 0. The van der Waals surface area contributed by atoms with Gasteiger partial charge in [-0.05, 0) is 60.5 Å². The molecule has 1 aliphatic carbocycles. The minimum absolute atomic E-state index is 0.00903. The Morgan fingerprint density at radius 2 is 1.76 bits per heavy atom. The van der Waals surface area contributed by atoms with Crippen molar-refractivity contribution in [1.29, 1.82) is 0 Å². The van der Waals surface area contributed by atoms with E-state index in [-0.39, 0.29) is 41.5 Å². The Kier molecular flexibility index (Phi) is 9.81. The lowest BCUT2D eigenvalue weighted by atomic mass is 9.95. The molecule has 5 rings (SSSR count). The van der Waals surface area contributed by atoms with Crippen molar-refractivity contribution in [1.82, 2.24) is 19.9 Å². The van der Waals surface area contributed by atoms with E-state index in [4.69, 9.17) is 10.5 Å². The third-order valence-electron chi connectivity index (χ3n) is 7.81. The molecule has 11 heteroatoms. The van der Waals surface area contributed by atoms with Crippen LogP contribution in [0.4, 0.5) is 10.1 Å². The molecule has 1 aliphatic heterocycles. The fourth-order valence-corrected chi connectivity index (χ4v) is 6.30. The summed E-state index contributed by atoms with van der Waals surface area (Å²) in [6.07, 6.45) is 6.68. The monoisotopic (exact) mass is 593 g/mol. The minimum Gasteiger partial charge on any atom is -0.395 e. The van der Waals surface area contributed by atoms with E-state index in [1.54, 1.807) is 0 Å². The number of amides is 3. The summed E-state index contributed by atoms with van der Waals surface area (Å²) in [5.74, 6) is -1.85. The van der Waals surface area contributed by atoms with Gasteiger partial charge in [-0.2, -0.15) is 4.37 Å². The van der Waals surface area contributed by atoms with Gasteiger partial charge in [-0.25, -0.2) is 4.39 Å². The highest BCUT2D eigenvalue weighted by Gasteiger charge is 2.36. The number of hydrogen-bond acceptors (Lipinski definition) is 7. The quantitative estimate of drug-likeness (QED) is 0.315. The number of rotatable bonds is 10. The van der Waals surface area contributed by atoms with E-state index in [2.05, 4.69) is 15.0 Å². The van der Waals surface area contributed by atoms with Crippen LogP contribution in [0.5, 0.6) is 0 Å². The molecule has 2 aromatic carbocycles. The van der Waals surface area contributed by atoms with Gasteiger partial charge < -0.3 is 26.0 Å². The largest absolute Gasteiger partial charge is 0.395 e. The summed E-state index contributed by atoms with van der Waals surface area (Å²) < 4.78 is 23.8. The highest BCUT2D eigenvalue weighted by molar-refractivity contribution is 7.09. The van der Waals surface area contributed by atoms with Crippen LogP contribution in [-0.4, -0.2) is 52.3 Å². The van der Waals surface area contributed by atoms with Crippen LogP contribution in [0.1, 0.15) is 82.3 Å². The van der Waals surface area contributed by atoms with Gasteiger partial charge in [0.15, 0.2) is 5.69 Å². The molecule has 1 saturated heterocycles. The van der Waals surface area contributed by atoms with Gasteiger partial charge in [-0.3, -0.25) is 14.4 Å². The maximum Gasteiger partial charge on any atom is 0.273 e. The van der Waals surface area contributed by atoms with E-state index in [1.807, 2.05) is 30.3 Å². The van der Waals surface area contributed by atoms with Crippen molar-refractivity contribution in [3.05, 3.63) is 82.1 Å². The summed E-state index contributed by atoms with van der Waals surface area (Å²) >= 11 is 0.835. The zero-order valence-electron chi connectivity index (χ0n) is 23.4. The second-order valence-electron chi connectivity index (χ2n) is 10.8. The van der Waals surface area contributed by atoms with Gasteiger partial charge in [0.25, 0.3) is 11.8 Å². The van der Waals surface area contributed by atoms with Gasteiger partial charge in [0.1, 0.15) is 16.7 Å². The lowest BCUT2D eigenvalue weighted by Crippen LogP contribution is -2.45. The maximum absolute atomic E-state index is 14.2. The number of nitrogens with zero attached hydrogens (tertiary/aromatic N) is 2. The number of halogens is 1. The van der Waals surface area contributed by atoms with Crippen LogP contribution >= 0.6 is 11.5 Å². The number of carbonyl (C=O) groups is 3. The Labute approximate surface area is 248 Å². The molecule has 2 aliphatic rings. The molecule has 0 unspecified atom stereocenters. The number of carbonyl (C=O) groups excluding carboxylic acids is 3. The zero-order chi connectivity index (χ0) is 29.5. The van der Waals surface area contributed by atoms with Gasteiger partial charge >= 0.3 is 0 Å². The predicted octanol–water partition coefficient (Wildman–Crippen LogP) is 4.61. The lowest BCUT2D eigenvalue weighted by molar-refractivity contribution is -0.126. The van der Waals surface area contributed by atoms with Gasteiger partial charge in [-0.15, -0.1) is 0 Å². The first-order valence-electron chi connectivity index (χ1n) is 14.5. The summed E-state index contributed by atoms with van der Waals surface area (Å²) in [6, 6.07) is 13.7. The minimum atomic E-state index is -1.11. The molecule has 1 aromatic heterocycles. The normalized spacial score (nSPS) is 17.9. The molecule has 1 saturated carbocycles. The highest BCUT2D eigenvalue weighted by atomic mass is 32.1. The van der Waals surface area contributed by atoms with E-state index >= 15 is 0 Å². The van der Waals surface area contributed by atoms with Crippen molar-refractivity contribution in [2.24, 2.45) is 0 Å². The van der Waals surface area contributed by atoms with Crippen LogP contribution in [0.2, 0.25) is 0 Å². The van der Waals surface area contributed by atoms with E-state index in [9.17, 15) is 18.8 Å². The number of nitrogen functional groups attached to an aromatic ring is 1. The molecule has 0 radical (unpaired) electrons. The molecular formula is C31H36FN5O4S. The molecule has 9 nitrogen and oxygen atoms in total. The molecule has 2 heterocycles. The van der Waals surface area contributed by atoms with Crippen LogP contribution in [0.3, 0.4) is 0 Å². The maximum atomic E-state index is 14.2. The summed E-state index contributed by atoms with van der Waals surface area (Å²) in [5.41, 5.74) is 7.60. The van der Waals surface area contributed by atoms with E-state index in [0.29, 0.717) is 12.2 Å². The SMILES string of the molecule is Nc1c(C(=O)NC2CCCCC2)nsc1C(=O)N(Cc1ccccc1)[C@@H](C(=O)NC[C@H]1CCCO1)c1ccc(F)cc1. The average molecular weight is 594 g/mol. The second kappa shape index (κ2) is 13.9. The molecule has 3 amide bonds. The Bertz CT molecular complexity index is 1370. The topological polar surface area (TPSA) is 127 Å². The summed E-state index contributed by atoms with van der Waals surface area (Å²) in [6.45, 7) is 0.996. The molecule has 4 N–H and O–H groups in total. The first-order valence-corrected chi connectivity index (χ1v) is 15.2. The lowest BCUT2D eigenvalue weighted by Gasteiger charge is -2.31. The molecule has 3 aromatic rings. The fourth-order valence-electron chi connectivity index (χ4n) is 5.54. The molecule has 2 fully saturated rings. The number of benzene rings is 2. The Morgan fingerprint density at radius 3 is 2.45 bits per heavy atom. The van der Waals surface area contributed by atoms with Crippen LogP contribution in [0.15, 0.2) is 54.6 Å². The van der Waals surface area contributed by atoms with Crippen LogP contribution in [-0.2, 0) is 16.1 Å². The van der Waals surface area contributed by atoms with Gasteiger partial charge in [-0.1, -0.05) is 61.7 Å². The van der Waals surface area contributed by atoms with Crippen LogP contribution in [0, 0.1) is 5.82 Å². The van der Waals surface area contributed by atoms with Crippen LogP contribution < -0.4 is 16.4 Å². The van der Waals surface area contributed by atoms with E-state index < -0.39 is 29.6 Å². The first kappa shape index (κ1) is 29.7. The number of anilines is 1. The molecule has 2 atom stereocenters. The van der Waals surface area contributed by atoms with Crippen molar-refractivity contribution < 1.29 is 23.5 Å². The number of ether oxygens (including phenoxy) is 1. The van der Waals surface area contributed by atoms with Crippen molar-refractivity contribution >= 4 is 34.9 Å². The standard InChI is InChI=1S/C31H36FN5O4S/c32-22-15-13-21(14-16-22)27(30(39)34-18-24-12-7-17-41-24)37(19-20-8-3-1-4-9-20)31(40)28-25(33)26(36-42-28)29(38)35-23-10-5-2-6-11-23/h1,3-4,8-9,13-16,23-24,27H,2,5-7,10-12,17-19,33H2,(H,34,39)(H,35,38)/t24-,27-/m1/s1. The predicted molar refractivity (Wildman–Crippen MR) is 158 cm³/mol. The van der Waals surface area contributed by atoms with Crippen molar-refractivity contribution in [3.63, 3.8) is 0 Å². The molecule has 222 valence electrons. The number of aromatic nitrogens is 1. The van der Waals surface area contributed by atoms with Crippen molar-refractivity contribution in [2.75, 3.05) is 18.9 Å². The molecule has 0 bridgehead atoms. The summed E-state index contributed by atoms with van der Waals surface area (Å²) in [5, 5.41) is 5.94. The third-order valence-corrected chi connectivity index (χ3v) is 8.66. The highest BCUT2D eigenvalue weighted by Crippen LogP contribution is 2.31. The molecular weight excluding hydrogens is 557 g/mol. The van der Waals surface area contributed by atoms with Gasteiger partial charge in [0.2, 0.25) is 5.91 Å². The fraction of sp³-hybridized carbons (Fsp3) is 0.419. The smallest absolute Gasteiger partial charge is 0.273 e.